The smallest absolute Gasteiger partial charge is 0.407 e. The molecule has 0 aliphatic heterocycles. The van der Waals surface area contributed by atoms with Gasteiger partial charge in [-0.15, -0.1) is 0 Å². The van der Waals surface area contributed by atoms with E-state index in [0.717, 1.165) is 5.56 Å². The van der Waals surface area contributed by atoms with Crippen LogP contribution in [-0.2, 0) is 16.0 Å². The van der Waals surface area contributed by atoms with E-state index in [2.05, 4.69) is 5.32 Å². The molecule has 6 heteroatoms. The Labute approximate surface area is 111 Å². The van der Waals surface area contributed by atoms with Crippen molar-refractivity contribution >= 4 is 11.9 Å². The van der Waals surface area contributed by atoms with Crippen molar-refractivity contribution in [1.82, 2.24) is 5.32 Å². The van der Waals surface area contributed by atoms with Gasteiger partial charge in [0.2, 0.25) is 5.78 Å². The molecule has 0 bridgehead atoms. The summed E-state index contributed by atoms with van der Waals surface area (Å²) in [7, 11) is 0. The Bertz CT molecular complexity index is 434. The molecule has 0 saturated heterocycles. The number of benzene rings is 1. The minimum Gasteiger partial charge on any atom is -0.508 e. The fourth-order valence-corrected chi connectivity index (χ4v) is 1.61. The van der Waals surface area contributed by atoms with Crippen LogP contribution in [0.25, 0.3) is 5.53 Å². The molecular formula is C13H17N3O3. The number of alkyl carbamates (subject to hydrolysis) is 1. The van der Waals surface area contributed by atoms with Gasteiger partial charge in [0.25, 0.3) is 0 Å². The van der Waals surface area contributed by atoms with Crippen LogP contribution in [0.2, 0.25) is 0 Å². The molecule has 1 rings (SSSR count). The largest absolute Gasteiger partial charge is 0.508 e. The summed E-state index contributed by atoms with van der Waals surface area (Å²) in [6.07, 6.45) is -0.296. The van der Waals surface area contributed by atoms with Gasteiger partial charge >= 0.3 is 6.09 Å². The third-order valence-corrected chi connectivity index (χ3v) is 2.49. The normalized spacial score (nSPS) is 11.4. The summed E-state index contributed by atoms with van der Waals surface area (Å²) >= 11 is 0. The fraction of sp³-hybridized carbons (Fsp3) is 0.385. The van der Waals surface area contributed by atoms with Crippen molar-refractivity contribution in [1.29, 1.82) is 0 Å². The number of nitrogens with zero attached hydrogens (tertiary/aromatic N) is 1. The third kappa shape index (κ3) is 5.29. The molecule has 0 unspecified atom stereocenters. The average Bonchev–Trinajstić information content (AvgIpc) is 2.40. The van der Waals surface area contributed by atoms with E-state index in [1.54, 1.807) is 12.0 Å². The fourth-order valence-electron chi connectivity index (χ4n) is 1.61. The van der Waals surface area contributed by atoms with Crippen LogP contribution >= 0.6 is 0 Å². The maximum Gasteiger partial charge on any atom is 0.407 e. The van der Waals surface area contributed by atoms with Gasteiger partial charge in [0.1, 0.15) is 6.04 Å². The lowest BCUT2D eigenvalue weighted by Gasteiger charge is -2.15. The molecule has 102 valence electrons. The molecule has 0 saturated carbocycles. The monoisotopic (exact) mass is 263 g/mol. The molecule has 0 aliphatic carbocycles. The van der Waals surface area contributed by atoms with Gasteiger partial charge in [-0.2, -0.15) is 0 Å². The number of carbonyl (C=O) groups excluding carboxylic acids is 2. The van der Waals surface area contributed by atoms with Crippen molar-refractivity contribution in [2.45, 2.75) is 19.4 Å². The van der Waals surface area contributed by atoms with E-state index in [0.29, 0.717) is 6.42 Å². The summed E-state index contributed by atoms with van der Waals surface area (Å²) in [4.78, 5) is 23.2. The molecule has 19 heavy (non-hydrogen) atoms. The number of amides is 1. The lowest BCUT2D eigenvalue weighted by molar-refractivity contribution is -0.467. The number of hydrogen-bond acceptors (Lipinski definition) is 3. The maximum absolute atomic E-state index is 11.8. The minimum atomic E-state index is -0.735. The number of hydrogen-bond donors (Lipinski definition) is 2. The first-order valence-electron chi connectivity index (χ1n) is 6.04. The van der Waals surface area contributed by atoms with Crippen molar-refractivity contribution in [2.24, 2.45) is 0 Å². The maximum atomic E-state index is 11.8. The van der Waals surface area contributed by atoms with Crippen LogP contribution in [0.5, 0.6) is 0 Å². The molecule has 0 aliphatic rings. The second kappa shape index (κ2) is 7.97. The molecule has 0 radical (unpaired) electrons. The molecule has 0 fully saturated rings. The Morgan fingerprint density at radius 1 is 1.37 bits per heavy atom. The zero-order chi connectivity index (χ0) is 14.1. The highest BCUT2D eigenvalue weighted by molar-refractivity contribution is 5.88. The highest BCUT2D eigenvalue weighted by Gasteiger charge is 2.22. The number of carbonyl (C=O) groups is 2. The van der Waals surface area contributed by atoms with Crippen molar-refractivity contribution in [3.8, 4) is 0 Å². The Balaban J connectivity index is 2.71. The summed E-state index contributed by atoms with van der Waals surface area (Å²) in [5.74, 6) is -0.320. The van der Waals surface area contributed by atoms with Gasteiger partial charge in [-0.3, -0.25) is 4.79 Å². The highest BCUT2D eigenvalue weighted by atomic mass is 16.5. The first-order chi connectivity index (χ1) is 9.17. The number of Topliss-reactive ketones (excluding diaryl/α,β-unsaturated/α-hetero) is 1. The molecule has 1 amide bonds. The predicted octanol–water partition coefficient (Wildman–Crippen LogP) is 0.0151. The summed E-state index contributed by atoms with van der Waals surface area (Å²) in [5, 5.41) is 4.29. The third-order valence-electron chi connectivity index (χ3n) is 2.49. The molecule has 0 aromatic heterocycles. The predicted molar refractivity (Wildman–Crippen MR) is 68.3 cm³/mol. The molecular weight excluding hydrogens is 246 g/mol. The van der Waals surface area contributed by atoms with Gasteiger partial charge in [0, 0.05) is 6.42 Å². The van der Waals surface area contributed by atoms with Crippen molar-refractivity contribution in [3.05, 3.63) is 41.4 Å². The summed E-state index contributed by atoms with van der Waals surface area (Å²) in [5.41, 5.74) is 9.49. The van der Waals surface area contributed by atoms with Crippen LogP contribution in [0.4, 0.5) is 4.79 Å². The van der Waals surface area contributed by atoms with Gasteiger partial charge in [-0.1, -0.05) is 30.3 Å². The molecule has 6 nitrogen and oxygen atoms in total. The van der Waals surface area contributed by atoms with E-state index in [9.17, 15) is 9.59 Å². The van der Waals surface area contributed by atoms with E-state index >= 15 is 0 Å². The zero-order valence-electron chi connectivity index (χ0n) is 10.8. The van der Waals surface area contributed by atoms with E-state index in [4.69, 9.17) is 10.3 Å². The van der Waals surface area contributed by atoms with E-state index < -0.39 is 12.1 Å². The Morgan fingerprint density at radius 3 is 2.63 bits per heavy atom. The van der Waals surface area contributed by atoms with Crippen molar-refractivity contribution in [2.75, 3.05) is 13.2 Å². The SMILES string of the molecule is CCOC(=O)N[C@@H](Cc1ccccc1)C(=O)C[NH+]=[N-]. The van der Waals surface area contributed by atoms with Crippen LogP contribution in [0.15, 0.2) is 30.3 Å². The summed E-state index contributed by atoms with van der Waals surface area (Å²) in [6.45, 7) is 1.68. The average molecular weight is 263 g/mol. The number of rotatable bonds is 7. The van der Waals surface area contributed by atoms with Gasteiger partial charge in [0.05, 0.1) is 6.61 Å². The molecule has 1 atom stereocenters. The minimum absolute atomic E-state index is 0.232. The van der Waals surface area contributed by atoms with Crippen LogP contribution in [-0.4, -0.2) is 31.1 Å². The van der Waals surface area contributed by atoms with Crippen LogP contribution in [0, 0.1) is 0 Å². The number of ether oxygens (including phenoxy) is 1. The van der Waals surface area contributed by atoms with Gasteiger partial charge < -0.3 is 20.7 Å². The van der Waals surface area contributed by atoms with Crippen LogP contribution in [0.1, 0.15) is 12.5 Å². The first-order valence-corrected chi connectivity index (χ1v) is 6.04. The lowest BCUT2D eigenvalue weighted by Crippen LogP contribution is -2.68. The quantitative estimate of drug-likeness (QED) is 0.679. The lowest BCUT2D eigenvalue weighted by atomic mass is 10.0. The number of nitrogens with one attached hydrogen (secondary N) is 2. The standard InChI is InChI=1S/C13H17N3O3/c1-2-19-13(18)16-11(12(17)9-15-14)8-10-6-4-3-5-7-10/h3-7,11,15H,2,8-9H2,1H3,(H,16,18)/t11-/m0/s1. The summed E-state index contributed by atoms with van der Waals surface area (Å²) in [6, 6.07) is 8.56. The van der Waals surface area contributed by atoms with E-state index in [1.165, 1.54) is 0 Å². The number of ketones is 1. The Kier molecular flexibility index (Phi) is 6.21. The van der Waals surface area contributed by atoms with E-state index in [1.807, 2.05) is 30.3 Å². The topological polar surface area (TPSA) is 91.7 Å². The Hall–Kier alpha value is -2.24. The van der Waals surface area contributed by atoms with Crippen LogP contribution in [0.3, 0.4) is 0 Å². The molecule has 1 aromatic carbocycles. The molecule has 0 heterocycles. The zero-order valence-corrected chi connectivity index (χ0v) is 10.8. The van der Waals surface area contributed by atoms with Gasteiger partial charge in [-0.05, 0) is 12.5 Å². The van der Waals surface area contributed by atoms with E-state index in [-0.39, 0.29) is 18.9 Å². The second-order valence-corrected chi connectivity index (χ2v) is 3.91. The van der Waals surface area contributed by atoms with Crippen molar-refractivity contribution in [3.63, 3.8) is 0 Å². The highest BCUT2D eigenvalue weighted by Crippen LogP contribution is 2.04. The molecule has 2 N–H and O–H groups in total. The van der Waals surface area contributed by atoms with Crippen molar-refractivity contribution < 1.29 is 19.4 Å². The molecule has 0 spiro atoms. The molecule has 1 aromatic rings. The Morgan fingerprint density at radius 2 is 2.05 bits per heavy atom. The van der Waals surface area contributed by atoms with Crippen LogP contribution < -0.4 is 10.4 Å². The first kappa shape index (κ1) is 14.8. The summed E-state index contributed by atoms with van der Waals surface area (Å²) < 4.78 is 4.75. The second-order valence-electron chi connectivity index (χ2n) is 3.91. The van der Waals surface area contributed by atoms with Gasteiger partial charge in [0.15, 0.2) is 6.54 Å². The van der Waals surface area contributed by atoms with Gasteiger partial charge in [-0.25, -0.2) is 4.79 Å².